The van der Waals surface area contributed by atoms with E-state index in [0.29, 0.717) is 11.3 Å². The second-order valence-corrected chi connectivity index (χ2v) is 10.3. The second-order valence-electron chi connectivity index (χ2n) is 8.55. The van der Waals surface area contributed by atoms with Crippen LogP contribution in [-0.4, -0.2) is 27.5 Å². The number of hydrogen-bond acceptors (Lipinski definition) is 4. The molecule has 5 nitrogen and oxygen atoms in total. The molecule has 0 aliphatic heterocycles. The van der Waals surface area contributed by atoms with Crippen LogP contribution < -0.4 is 4.72 Å². The molecule has 1 N–H and O–H groups in total. The molecule has 0 spiro atoms. The normalized spacial score (nSPS) is 12.8. The first kappa shape index (κ1) is 28.4. The number of esters is 1. The predicted octanol–water partition coefficient (Wildman–Crippen LogP) is 6.46. The Kier molecular flexibility index (Phi) is 15.0. The van der Waals surface area contributed by atoms with Crippen LogP contribution in [0.15, 0.2) is 41.3 Å². The van der Waals surface area contributed by atoms with Crippen molar-refractivity contribution >= 4 is 16.0 Å². The largest absolute Gasteiger partial charge is 0.469 e. The van der Waals surface area contributed by atoms with Gasteiger partial charge in [-0.15, -0.1) is 0 Å². The molecule has 0 saturated carbocycles. The van der Waals surface area contributed by atoms with Crippen molar-refractivity contribution in [1.82, 2.24) is 4.72 Å². The van der Waals surface area contributed by atoms with Gasteiger partial charge in [0.1, 0.15) is 0 Å². The third-order valence-electron chi connectivity index (χ3n) is 5.60. The van der Waals surface area contributed by atoms with Gasteiger partial charge in [-0.05, 0) is 44.7 Å². The van der Waals surface area contributed by atoms with Gasteiger partial charge in [-0.1, -0.05) is 88.1 Å². The summed E-state index contributed by atoms with van der Waals surface area (Å²) in [6, 6.07) is 6.73. The third kappa shape index (κ3) is 13.0. The van der Waals surface area contributed by atoms with E-state index in [0.717, 1.165) is 50.5 Å². The Morgan fingerprint density at radius 3 is 2.28 bits per heavy atom. The van der Waals surface area contributed by atoms with E-state index >= 15 is 0 Å². The number of aryl methyl sites for hydroxylation is 1. The van der Waals surface area contributed by atoms with Crippen molar-refractivity contribution in [1.29, 1.82) is 0 Å². The topological polar surface area (TPSA) is 72.5 Å². The number of unbranched alkanes of at least 4 members (excludes halogenated alkanes) is 9. The Hall–Kier alpha value is -1.66. The molecule has 182 valence electrons. The fraction of sp³-hybridized carbons (Fsp3) is 0.654. The van der Waals surface area contributed by atoms with Gasteiger partial charge in [0.2, 0.25) is 10.0 Å². The Balaban J connectivity index is 2.56. The number of rotatable bonds is 18. The summed E-state index contributed by atoms with van der Waals surface area (Å²) in [5.74, 6) is -0.175. The molecule has 6 heteroatoms. The lowest BCUT2D eigenvalue weighted by Gasteiger charge is -2.16. The maximum Gasteiger partial charge on any atom is 0.305 e. The first-order chi connectivity index (χ1) is 15.4. The van der Waals surface area contributed by atoms with Crippen LogP contribution in [0.2, 0.25) is 0 Å². The van der Waals surface area contributed by atoms with E-state index in [4.69, 9.17) is 0 Å². The number of carbonyl (C=O) groups is 1. The molecule has 1 atom stereocenters. The SMILES string of the molecule is CCCCCCCC/C=C/C(CCCCCCC(=O)OC)NS(=O)(=O)c1ccc(C)cc1. The molecule has 1 rings (SSSR count). The fourth-order valence-electron chi connectivity index (χ4n) is 3.57. The lowest BCUT2D eigenvalue weighted by atomic mass is 10.1. The first-order valence-corrected chi connectivity index (χ1v) is 13.7. The minimum Gasteiger partial charge on any atom is -0.469 e. The minimum absolute atomic E-state index is 0.175. The molecule has 0 heterocycles. The molecular formula is C26H43NO4S. The lowest BCUT2D eigenvalue weighted by molar-refractivity contribution is -0.140. The van der Waals surface area contributed by atoms with Gasteiger partial charge < -0.3 is 4.74 Å². The molecular weight excluding hydrogens is 422 g/mol. The van der Waals surface area contributed by atoms with Gasteiger partial charge in [-0.2, -0.15) is 0 Å². The number of sulfonamides is 1. The van der Waals surface area contributed by atoms with Gasteiger partial charge in [0, 0.05) is 12.5 Å². The van der Waals surface area contributed by atoms with Crippen LogP contribution in [0.25, 0.3) is 0 Å². The van der Waals surface area contributed by atoms with Gasteiger partial charge in [-0.25, -0.2) is 13.1 Å². The molecule has 1 aromatic rings. The van der Waals surface area contributed by atoms with Crippen molar-refractivity contribution in [2.75, 3.05) is 7.11 Å². The van der Waals surface area contributed by atoms with Gasteiger partial charge in [-0.3, -0.25) is 4.79 Å². The zero-order chi connectivity index (χ0) is 23.7. The van der Waals surface area contributed by atoms with Crippen LogP contribution in [0, 0.1) is 6.92 Å². The highest BCUT2D eigenvalue weighted by atomic mass is 32.2. The molecule has 0 amide bonds. The highest BCUT2D eigenvalue weighted by Crippen LogP contribution is 2.15. The number of methoxy groups -OCH3 is 1. The fourth-order valence-corrected chi connectivity index (χ4v) is 4.80. The summed E-state index contributed by atoms with van der Waals surface area (Å²) in [5.41, 5.74) is 1.03. The monoisotopic (exact) mass is 465 g/mol. The van der Waals surface area contributed by atoms with Crippen molar-refractivity contribution in [3.63, 3.8) is 0 Å². The highest BCUT2D eigenvalue weighted by molar-refractivity contribution is 7.89. The number of ether oxygens (including phenoxy) is 1. The summed E-state index contributed by atoms with van der Waals surface area (Å²) in [7, 11) is -2.15. The summed E-state index contributed by atoms with van der Waals surface area (Å²) in [6.45, 7) is 4.16. The van der Waals surface area contributed by atoms with Crippen molar-refractivity contribution in [3.8, 4) is 0 Å². The standard InChI is InChI=1S/C26H43NO4S/c1-4-5-6-7-8-9-10-13-16-24(17-14-11-12-15-18-26(28)31-3)27-32(29,30)25-21-19-23(2)20-22-25/h13,16,19-22,24,27H,4-12,14-15,17-18H2,1-3H3/b16-13+. The first-order valence-electron chi connectivity index (χ1n) is 12.2. The summed E-state index contributed by atoms with van der Waals surface area (Å²) in [6.07, 6.45) is 17.4. The smallest absolute Gasteiger partial charge is 0.305 e. The van der Waals surface area contributed by atoms with Gasteiger partial charge >= 0.3 is 5.97 Å². The molecule has 0 aliphatic carbocycles. The van der Waals surface area contributed by atoms with Crippen molar-refractivity contribution in [2.45, 2.75) is 108 Å². The van der Waals surface area contributed by atoms with Crippen LogP contribution in [0.3, 0.4) is 0 Å². The zero-order valence-electron chi connectivity index (χ0n) is 20.3. The molecule has 0 fully saturated rings. The van der Waals surface area contributed by atoms with E-state index in [2.05, 4.69) is 22.5 Å². The van der Waals surface area contributed by atoms with Crippen molar-refractivity contribution in [2.24, 2.45) is 0 Å². The van der Waals surface area contributed by atoms with E-state index in [9.17, 15) is 13.2 Å². The lowest BCUT2D eigenvalue weighted by Crippen LogP contribution is -2.33. The summed E-state index contributed by atoms with van der Waals surface area (Å²) < 4.78 is 33.2. The minimum atomic E-state index is -3.56. The van der Waals surface area contributed by atoms with Gasteiger partial charge in [0.15, 0.2) is 0 Å². The number of nitrogens with one attached hydrogen (secondary N) is 1. The van der Waals surface area contributed by atoms with Gasteiger partial charge in [0.05, 0.1) is 12.0 Å². The summed E-state index contributed by atoms with van der Waals surface area (Å²) in [4.78, 5) is 11.5. The average Bonchev–Trinajstić information content (AvgIpc) is 2.77. The quantitative estimate of drug-likeness (QED) is 0.153. The van der Waals surface area contributed by atoms with Crippen LogP contribution >= 0.6 is 0 Å². The summed E-state index contributed by atoms with van der Waals surface area (Å²) in [5, 5.41) is 0. The van der Waals surface area contributed by atoms with Crippen molar-refractivity contribution in [3.05, 3.63) is 42.0 Å². The molecule has 0 aromatic heterocycles. The van der Waals surface area contributed by atoms with E-state index in [1.54, 1.807) is 12.1 Å². The zero-order valence-corrected chi connectivity index (χ0v) is 21.1. The predicted molar refractivity (Wildman–Crippen MR) is 132 cm³/mol. The van der Waals surface area contributed by atoms with Crippen LogP contribution in [-0.2, 0) is 19.6 Å². The Morgan fingerprint density at radius 1 is 0.969 bits per heavy atom. The Morgan fingerprint density at radius 2 is 1.59 bits per heavy atom. The number of benzene rings is 1. The summed E-state index contributed by atoms with van der Waals surface area (Å²) >= 11 is 0. The van der Waals surface area contributed by atoms with Crippen LogP contribution in [0.1, 0.15) is 96.0 Å². The Bertz CT molecular complexity index is 757. The van der Waals surface area contributed by atoms with E-state index in [1.807, 2.05) is 25.1 Å². The Labute approximate surface area is 196 Å². The van der Waals surface area contributed by atoms with Crippen LogP contribution in [0.5, 0.6) is 0 Å². The maximum absolute atomic E-state index is 12.8. The molecule has 1 unspecified atom stereocenters. The maximum atomic E-state index is 12.8. The van der Waals surface area contributed by atoms with E-state index in [1.165, 1.54) is 39.2 Å². The number of hydrogen-bond donors (Lipinski definition) is 1. The van der Waals surface area contributed by atoms with Gasteiger partial charge in [0.25, 0.3) is 0 Å². The number of carbonyl (C=O) groups excluding carboxylic acids is 1. The highest BCUT2D eigenvalue weighted by Gasteiger charge is 2.18. The average molecular weight is 466 g/mol. The molecule has 0 saturated heterocycles. The van der Waals surface area contributed by atoms with Crippen molar-refractivity contribution < 1.29 is 17.9 Å². The molecule has 1 aromatic carbocycles. The third-order valence-corrected chi connectivity index (χ3v) is 7.11. The molecule has 0 radical (unpaired) electrons. The molecule has 0 bridgehead atoms. The molecule has 0 aliphatic rings. The number of allylic oxidation sites excluding steroid dienone is 1. The molecule has 32 heavy (non-hydrogen) atoms. The van der Waals surface area contributed by atoms with E-state index in [-0.39, 0.29) is 12.0 Å². The second kappa shape index (κ2) is 16.9. The van der Waals surface area contributed by atoms with E-state index < -0.39 is 10.0 Å². The van der Waals surface area contributed by atoms with Crippen LogP contribution in [0.4, 0.5) is 0 Å².